The molecule has 0 bridgehead atoms. The second kappa shape index (κ2) is 11.3. The molecule has 7 heteroatoms. The van der Waals surface area contributed by atoms with E-state index in [2.05, 4.69) is 22.1 Å². The number of guanidine groups is 1. The molecule has 2 heterocycles. The summed E-state index contributed by atoms with van der Waals surface area (Å²) >= 11 is 0. The number of carbonyl (C=O) groups is 1. The molecule has 0 unspecified atom stereocenters. The Morgan fingerprint density at radius 2 is 2.08 bits per heavy atom. The van der Waals surface area contributed by atoms with Crippen LogP contribution in [0.4, 0.5) is 0 Å². The number of pyridine rings is 1. The van der Waals surface area contributed by atoms with Crippen molar-refractivity contribution in [1.29, 1.82) is 0 Å². The Morgan fingerprint density at radius 3 is 2.68 bits per heavy atom. The van der Waals surface area contributed by atoms with Gasteiger partial charge in [-0.15, -0.1) is 24.0 Å². The van der Waals surface area contributed by atoms with Crippen molar-refractivity contribution in [3.8, 4) is 0 Å². The summed E-state index contributed by atoms with van der Waals surface area (Å²) in [4.78, 5) is 23.3. The van der Waals surface area contributed by atoms with Crippen LogP contribution in [0.5, 0.6) is 0 Å². The summed E-state index contributed by atoms with van der Waals surface area (Å²) in [5.41, 5.74) is 1.97. The van der Waals surface area contributed by atoms with Gasteiger partial charge in [0.25, 0.3) is 0 Å². The average molecular weight is 460 g/mol. The fraction of sp³-hybridized carbons (Fsp3) is 0.611. The number of halogens is 1. The van der Waals surface area contributed by atoms with Crippen LogP contribution >= 0.6 is 24.0 Å². The van der Waals surface area contributed by atoms with Gasteiger partial charge in [0, 0.05) is 25.3 Å². The first-order valence-corrected chi connectivity index (χ1v) is 8.76. The van der Waals surface area contributed by atoms with Gasteiger partial charge in [-0.2, -0.15) is 0 Å². The summed E-state index contributed by atoms with van der Waals surface area (Å²) in [5.74, 6) is 0.841. The summed E-state index contributed by atoms with van der Waals surface area (Å²) in [6.45, 7) is 9.35. The van der Waals surface area contributed by atoms with Gasteiger partial charge in [-0.05, 0) is 45.7 Å². The number of hydrogen-bond acceptors (Lipinski definition) is 4. The highest BCUT2D eigenvalue weighted by Gasteiger charge is 2.27. The van der Waals surface area contributed by atoms with Crippen molar-refractivity contribution in [2.24, 2.45) is 10.9 Å². The minimum Gasteiger partial charge on any atom is -0.466 e. The van der Waals surface area contributed by atoms with Crippen molar-refractivity contribution in [2.45, 2.75) is 40.2 Å². The SMILES string of the molecule is CCNC(=NCc1cccc(C)n1)N1CCC(C(=O)OCC)CC1.I. The van der Waals surface area contributed by atoms with Crippen LogP contribution in [0.1, 0.15) is 38.1 Å². The van der Waals surface area contributed by atoms with Crippen molar-refractivity contribution in [1.82, 2.24) is 15.2 Å². The average Bonchev–Trinajstić information content (AvgIpc) is 2.59. The first-order chi connectivity index (χ1) is 11.6. The Morgan fingerprint density at radius 1 is 1.36 bits per heavy atom. The lowest BCUT2D eigenvalue weighted by Gasteiger charge is -2.33. The standard InChI is InChI=1S/C18H28N4O2.HI/c1-4-19-18(20-13-16-8-6-7-14(3)21-16)22-11-9-15(10-12-22)17(23)24-5-2;/h6-8,15H,4-5,9-13H2,1-3H3,(H,19,20);1H. The van der Waals surface area contributed by atoms with Crippen LogP contribution in [0.3, 0.4) is 0 Å². The lowest BCUT2D eigenvalue weighted by molar-refractivity contribution is -0.149. The molecule has 6 nitrogen and oxygen atoms in total. The van der Waals surface area contributed by atoms with E-state index in [-0.39, 0.29) is 35.9 Å². The molecule has 1 N–H and O–H groups in total. The van der Waals surface area contributed by atoms with Crippen molar-refractivity contribution in [3.05, 3.63) is 29.6 Å². The van der Waals surface area contributed by atoms with Crippen LogP contribution in [-0.4, -0.2) is 48.1 Å². The van der Waals surface area contributed by atoms with Crippen LogP contribution in [0.2, 0.25) is 0 Å². The summed E-state index contributed by atoms with van der Waals surface area (Å²) in [6, 6.07) is 5.98. The van der Waals surface area contributed by atoms with Gasteiger partial charge in [-0.3, -0.25) is 9.78 Å². The first-order valence-electron chi connectivity index (χ1n) is 8.76. The maximum atomic E-state index is 11.8. The number of hydrogen-bond donors (Lipinski definition) is 1. The largest absolute Gasteiger partial charge is 0.466 e. The number of esters is 1. The molecule has 0 spiro atoms. The zero-order chi connectivity index (χ0) is 17.4. The number of aliphatic imine (C=N–C) groups is 1. The number of nitrogens with one attached hydrogen (secondary N) is 1. The Bertz CT molecular complexity index is 572. The maximum Gasteiger partial charge on any atom is 0.309 e. The molecule has 0 aliphatic carbocycles. The van der Waals surface area contributed by atoms with Crippen molar-refractivity contribution in [2.75, 3.05) is 26.2 Å². The van der Waals surface area contributed by atoms with Gasteiger partial charge in [0.05, 0.1) is 24.8 Å². The summed E-state index contributed by atoms with van der Waals surface area (Å²) in [6.07, 6.45) is 1.62. The van der Waals surface area contributed by atoms with E-state index in [1.165, 1.54) is 0 Å². The molecule has 1 fully saturated rings. The zero-order valence-electron chi connectivity index (χ0n) is 15.3. The fourth-order valence-corrected chi connectivity index (χ4v) is 2.86. The second-order valence-corrected chi connectivity index (χ2v) is 5.95. The second-order valence-electron chi connectivity index (χ2n) is 5.95. The van der Waals surface area contributed by atoms with Crippen LogP contribution < -0.4 is 5.32 Å². The van der Waals surface area contributed by atoms with E-state index in [4.69, 9.17) is 9.73 Å². The number of rotatable bonds is 5. The van der Waals surface area contributed by atoms with E-state index in [0.29, 0.717) is 13.2 Å². The maximum absolute atomic E-state index is 11.8. The summed E-state index contributed by atoms with van der Waals surface area (Å²) in [5, 5.41) is 3.34. The molecule has 1 aromatic rings. The topological polar surface area (TPSA) is 66.8 Å². The normalized spacial score (nSPS) is 15.5. The number of piperidine rings is 1. The monoisotopic (exact) mass is 460 g/mol. The van der Waals surface area contributed by atoms with E-state index >= 15 is 0 Å². The van der Waals surface area contributed by atoms with Crippen molar-refractivity contribution in [3.63, 3.8) is 0 Å². The van der Waals surface area contributed by atoms with Crippen LogP contribution in [0.15, 0.2) is 23.2 Å². The van der Waals surface area contributed by atoms with Gasteiger partial charge in [0.15, 0.2) is 5.96 Å². The molecule has 2 rings (SSSR count). The third-order valence-electron chi connectivity index (χ3n) is 4.09. The molecule has 25 heavy (non-hydrogen) atoms. The van der Waals surface area contributed by atoms with Gasteiger partial charge in [0.1, 0.15) is 0 Å². The highest BCUT2D eigenvalue weighted by atomic mass is 127. The van der Waals surface area contributed by atoms with Gasteiger partial charge < -0.3 is 15.0 Å². The van der Waals surface area contributed by atoms with Gasteiger partial charge in [0.2, 0.25) is 0 Å². The van der Waals surface area contributed by atoms with E-state index in [1.54, 1.807) is 0 Å². The molecule has 1 aromatic heterocycles. The molecular weight excluding hydrogens is 431 g/mol. The molecule has 1 aliphatic rings. The minimum absolute atomic E-state index is 0. The molecule has 0 saturated carbocycles. The molecule has 0 radical (unpaired) electrons. The molecule has 140 valence electrons. The molecule has 0 atom stereocenters. The van der Waals surface area contributed by atoms with Crippen LogP contribution in [-0.2, 0) is 16.1 Å². The van der Waals surface area contributed by atoms with Gasteiger partial charge in [-0.25, -0.2) is 4.99 Å². The molecule has 0 amide bonds. The number of likely N-dealkylation sites (tertiary alicyclic amines) is 1. The predicted octanol–water partition coefficient (Wildman–Crippen LogP) is 2.75. The third kappa shape index (κ3) is 6.80. The van der Waals surface area contributed by atoms with E-state index in [1.807, 2.05) is 32.0 Å². The van der Waals surface area contributed by atoms with Crippen LogP contribution in [0.25, 0.3) is 0 Å². The Labute approximate surface area is 167 Å². The number of aryl methyl sites for hydroxylation is 1. The smallest absolute Gasteiger partial charge is 0.309 e. The minimum atomic E-state index is -0.0666. The Hall–Kier alpha value is -1.38. The molecule has 1 aliphatic heterocycles. The molecule has 1 saturated heterocycles. The highest BCUT2D eigenvalue weighted by molar-refractivity contribution is 14.0. The lowest BCUT2D eigenvalue weighted by Crippen LogP contribution is -2.46. The van der Waals surface area contributed by atoms with Gasteiger partial charge >= 0.3 is 5.97 Å². The quantitative estimate of drug-likeness (QED) is 0.317. The van der Waals surface area contributed by atoms with E-state index in [0.717, 1.165) is 49.8 Å². The Kier molecular flexibility index (Phi) is 9.77. The van der Waals surface area contributed by atoms with E-state index in [9.17, 15) is 4.79 Å². The number of carbonyl (C=O) groups excluding carboxylic acids is 1. The first kappa shape index (κ1) is 21.7. The summed E-state index contributed by atoms with van der Waals surface area (Å²) < 4.78 is 5.13. The van der Waals surface area contributed by atoms with E-state index < -0.39 is 0 Å². The predicted molar refractivity (Wildman–Crippen MR) is 110 cm³/mol. The number of ether oxygens (including phenoxy) is 1. The number of nitrogens with zero attached hydrogens (tertiary/aromatic N) is 3. The third-order valence-corrected chi connectivity index (χ3v) is 4.09. The zero-order valence-corrected chi connectivity index (χ0v) is 17.7. The molecular formula is C18H29IN4O2. The lowest BCUT2D eigenvalue weighted by atomic mass is 9.97. The summed E-state index contributed by atoms with van der Waals surface area (Å²) in [7, 11) is 0. The van der Waals surface area contributed by atoms with Crippen molar-refractivity contribution >= 4 is 35.9 Å². The Balaban J connectivity index is 0.00000312. The van der Waals surface area contributed by atoms with Crippen molar-refractivity contribution < 1.29 is 9.53 Å². The fourth-order valence-electron chi connectivity index (χ4n) is 2.86. The molecule has 0 aromatic carbocycles. The highest BCUT2D eigenvalue weighted by Crippen LogP contribution is 2.19. The van der Waals surface area contributed by atoms with Gasteiger partial charge in [-0.1, -0.05) is 6.07 Å². The number of aromatic nitrogens is 1. The van der Waals surface area contributed by atoms with Crippen LogP contribution in [0, 0.1) is 12.8 Å².